The van der Waals surface area contributed by atoms with Gasteiger partial charge in [-0.1, -0.05) is 0 Å². The van der Waals surface area contributed by atoms with Gasteiger partial charge in [0.05, 0.1) is 22.7 Å². The number of piperazine rings is 1. The lowest BCUT2D eigenvalue weighted by molar-refractivity contribution is 0.648. The Labute approximate surface area is 158 Å². The van der Waals surface area contributed by atoms with Gasteiger partial charge in [0.1, 0.15) is 17.0 Å². The van der Waals surface area contributed by atoms with Gasteiger partial charge in [-0.05, 0) is 47.1 Å². The molecule has 1 aliphatic heterocycles. The van der Waals surface area contributed by atoms with E-state index in [-0.39, 0.29) is 0 Å². The van der Waals surface area contributed by atoms with Crippen LogP contribution in [-0.4, -0.2) is 36.1 Å². The summed E-state index contributed by atoms with van der Waals surface area (Å²) < 4.78 is 0.970. The molecule has 1 saturated heterocycles. The number of nitriles is 1. The first-order valence-electron chi connectivity index (χ1n) is 8.06. The van der Waals surface area contributed by atoms with E-state index >= 15 is 0 Å². The van der Waals surface area contributed by atoms with Crippen LogP contribution >= 0.6 is 27.3 Å². The smallest absolute Gasteiger partial charge is 0.140 e. The third kappa shape index (κ3) is 3.08. The molecule has 3 heterocycles. The van der Waals surface area contributed by atoms with Crippen molar-refractivity contribution in [1.29, 1.82) is 5.26 Å². The molecule has 1 aliphatic rings. The van der Waals surface area contributed by atoms with E-state index in [0.717, 1.165) is 52.4 Å². The van der Waals surface area contributed by atoms with Gasteiger partial charge in [0.15, 0.2) is 0 Å². The lowest BCUT2D eigenvalue weighted by Crippen LogP contribution is -2.47. The number of thiophene rings is 1. The summed E-state index contributed by atoms with van der Waals surface area (Å²) in [5.41, 5.74) is 1.81. The molecular formula is C18H16BrN5S. The molecule has 4 rings (SSSR count). The minimum absolute atomic E-state index is 0.672. The normalized spacial score (nSPS) is 14.8. The van der Waals surface area contributed by atoms with E-state index in [1.165, 1.54) is 4.88 Å². The predicted molar refractivity (Wildman–Crippen MR) is 105 cm³/mol. The van der Waals surface area contributed by atoms with E-state index in [4.69, 9.17) is 5.26 Å². The van der Waals surface area contributed by atoms with Gasteiger partial charge in [-0.3, -0.25) is 0 Å². The molecule has 25 heavy (non-hydrogen) atoms. The molecule has 7 heteroatoms. The van der Waals surface area contributed by atoms with Crippen LogP contribution in [0.5, 0.6) is 0 Å². The van der Waals surface area contributed by atoms with E-state index in [9.17, 15) is 0 Å². The van der Waals surface area contributed by atoms with Crippen molar-refractivity contribution in [2.45, 2.75) is 6.92 Å². The number of hydrogen-bond donors (Lipinski definition) is 0. The molecular weight excluding hydrogens is 398 g/mol. The summed E-state index contributed by atoms with van der Waals surface area (Å²) in [7, 11) is 0. The summed E-state index contributed by atoms with van der Waals surface area (Å²) in [6.07, 6.45) is 1.66. The monoisotopic (exact) mass is 413 g/mol. The van der Waals surface area contributed by atoms with Crippen LogP contribution in [0.3, 0.4) is 0 Å². The largest absolute Gasteiger partial charge is 0.367 e. The Morgan fingerprint density at radius 2 is 1.88 bits per heavy atom. The second-order valence-electron chi connectivity index (χ2n) is 6.03. The number of halogens is 1. The number of fused-ring (bicyclic) bond motifs is 1. The highest BCUT2D eigenvalue weighted by molar-refractivity contribution is 9.10. The Morgan fingerprint density at radius 1 is 1.12 bits per heavy atom. The Kier molecular flexibility index (Phi) is 4.32. The fourth-order valence-electron chi connectivity index (χ4n) is 3.21. The molecule has 0 bridgehead atoms. The van der Waals surface area contributed by atoms with E-state index < -0.39 is 0 Å². The standard InChI is InChI=1S/C18H16BrN5S/c1-12-8-14-17(21-11-22-18(14)25-12)24-6-4-23(5-7-24)16-3-2-13(10-20)9-15(16)19/h2-3,8-9,11H,4-7H2,1H3. The molecule has 1 aromatic carbocycles. The first-order valence-corrected chi connectivity index (χ1v) is 9.67. The molecule has 3 aromatic rings. The van der Waals surface area contributed by atoms with Crippen molar-refractivity contribution in [3.05, 3.63) is 45.5 Å². The maximum atomic E-state index is 9.01. The van der Waals surface area contributed by atoms with Crippen LogP contribution in [0.25, 0.3) is 10.2 Å². The van der Waals surface area contributed by atoms with Crippen LogP contribution in [0.4, 0.5) is 11.5 Å². The minimum Gasteiger partial charge on any atom is -0.367 e. The van der Waals surface area contributed by atoms with E-state index in [2.05, 4.69) is 54.8 Å². The summed E-state index contributed by atoms with van der Waals surface area (Å²) in [6, 6.07) is 10.1. The van der Waals surface area contributed by atoms with Gasteiger partial charge in [0.25, 0.3) is 0 Å². The van der Waals surface area contributed by atoms with E-state index in [1.54, 1.807) is 17.7 Å². The van der Waals surface area contributed by atoms with Crippen LogP contribution in [0.15, 0.2) is 35.1 Å². The average molecular weight is 414 g/mol. The zero-order chi connectivity index (χ0) is 17.4. The second-order valence-corrected chi connectivity index (χ2v) is 8.11. The topological polar surface area (TPSA) is 56.0 Å². The van der Waals surface area contributed by atoms with E-state index in [1.807, 2.05) is 18.2 Å². The molecule has 0 radical (unpaired) electrons. The maximum absolute atomic E-state index is 9.01. The minimum atomic E-state index is 0.672. The Hall–Kier alpha value is -2.17. The molecule has 0 aliphatic carbocycles. The number of anilines is 2. The summed E-state index contributed by atoms with van der Waals surface area (Å²) >= 11 is 5.31. The molecule has 1 fully saturated rings. The fourth-order valence-corrected chi connectivity index (χ4v) is 4.68. The molecule has 5 nitrogen and oxygen atoms in total. The number of benzene rings is 1. The third-order valence-electron chi connectivity index (χ3n) is 4.43. The number of aryl methyl sites for hydroxylation is 1. The van der Waals surface area contributed by atoms with Crippen LogP contribution < -0.4 is 9.80 Å². The van der Waals surface area contributed by atoms with Crippen molar-refractivity contribution >= 4 is 49.0 Å². The highest BCUT2D eigenvalue weighted by atomic mass is 79.9. The Balaban J connectivity index is 1.54. The summed E-state index contributed by atoms with van der Waals surface area (Å²) in [6.45, 7) is 5.76. The van der Waals surface area contributed by atoms with Crippen molar-refractivity contribution in [2.24, 2.45) is 0 Å². The molecule has 0 amide bonds. The first-order chi connectivity index (χ1) is 12.2. The van der Waals surface area contributed by atoms with Gasteiger partial charge in [0, 0.05) is 35.5 Å². The van der Waals surface area contributed by atoms with Gasteiger partial charge in [0.2, 0.25) is 0 Å². The summed E-state index contributed by atoms with van der Waals surface area (Å²) in [5.74, 6) is 1.04. The molecule has 0 atom stereocenters. The van der Waals surface area contributed by atoms with Gasteiger partial charge >= 0.3 is 0 Å². The Morgan fingerprint density at radius 3 is 2.60 bits per heavy atom. The quantitative estimate of drug-likeness (QED) is 0.636. The summed E-state index contributed by atoms with van der Waals surface area (Å²) in [5, 5.41) is 10.2. The van der Waals surface area contributed by atoms with Crippen molar-refractivity contribution in [3.63, 3.8) is 0 Å². The molecule has 126 valence electrons. The summed E-state index contributed by atoms with van der Waals surface area (Å²) in [4.78, 5) is 15.9. The van der Waals surface area contributed by atoms with Crippen LogP contribution in [0.1, 0.15) is 10.4 Å². The predicted octanol–water partition coefficient (Wildman–Crippen LogP) is 3.96. The second kappa shape index (κ2) is 6.62. The van der Waals surface area contributed by atoms with Crippen LogP contribution in [-0.2, 0) is 0 Å². The van der Waals surface area contributed by atoms with Crippen molar-refractivity contribution in [3.8, 4) is 6.07 Å². The van der Waals surface area contributed by atoms with Crippen LogP contribution in [0, 0.1) is 18.3 Å². The highest BCUT2D eigenvalue weighted by Gasteiger charge is 2.22. The highest BCUT2D eigenvalue weighted by Crippen LogP contribution is 2.32. The first kappa shape index (κ1) is 16.3. The number of nitrogens with zero attached hydrogens (tertiary/aromatic N) is 5. The fraction of sp³-hybridized carbons (Fsp3) is 0.278. The van der Waals surface area contributed by atoms with Gasteiger partial charge in [-0.2, -0.15) is 5.26 Å². The zero-order valence-electron chi connectivity index (χ0n) is 13.7. The van der Waals surface area contributed by atoms with Gasteiger partial charge in [-0.25, -0.2) is 9.97 Å². The number of hydrogen-bond acceptors (Lipinski definition) is 6. The lowest BCUT2D eigenvalue weighted by Gasteiger charge is -2.37. The lowest BCUT2D eigenvalue weighted by atomic mass is 10.2. The molecule has 0 N–H and O–H groups in total. The van der Waals surface area contributed by atoms with Crippen molar-refractivity contribution in [2.75, 3.05) is 36.0 Å². The molecule has 0 saturated carbocycles. The van der Waals surface area contributed by atoms with Crippen molar-refractivity contribution < 1.29 is 0 Å². The maximum Gasteiger partial charge on any atom is 0.140 e. The average Bonchev–Trinajstić information content (AvgIpc) is 3.02. The number of rotatable bonds is 2. The van der Waals surface area contributed by atoms with Gasteiger partial charge in [-0.15, -0.1) is 11.3 Å². The van der Waals surface area contributed by atoms with Gasteiger partial charge < -0.3 is 9.80 Å². The molecule has 2 aromatic heterocycles. The Bertz CT molecular complexity index is 969. The molecule has 0 spiro atoms. The van der Waals surface area contributed by atoms with E-state index in [0.29, 0.717) is 5.56 Å². The molecule has 0 unspecified atom stereocenters. The van der Waals surface area contributed by atoms with Crippen LogP contribution in [0.2, 0.25) is 0 Å². The van der Waals surface area contributed by atoms with Crippen molar-refractivity contribution in [1.82, 2.24) is 9.97 Å². The zero-order valence-corrected chi connectivity index (χ0v) is 16.1. The third-order valence-corrected chi connectivity index (χ3v) is 6.02. The number of aromatic nitrogens is 2. The SMILES string of the molecule is Cc1cc2c(N3CCN(c4ccc(C#N)cc4Br)CC3)ncnc2s1.